The van der Waals surface area contributed by atoms with Gasteiger partial charge < -0.3 is 4.74 Å². The summed E-state index contributed by atoms with van der Waals surface area (Å²) in [7, 11) is 0. The Hall–Kier alpha value is -0.0600. The van der Waals surface area contributed by atoms with Gasteiger partial charge in [-0.1, -0.05) is 6.92 Å². The van der Waals surface area contributed by atoms with Crippen molar-refractivity contribution in [2.75, 3.05) is 24.7 Å². The number of aromatic nitrogens is 1. The molecule has 0 fully saturated rings. The largest absolute Gasteiger partial charge is 0.381 e. The molecule has 1 aromatic heterocycles. The molecule has 1 aromatic rings. The fourth-order valence-corrected chi connectivity index (χ4v) is 2.61. The van der Waals surface area contributed by atoms with Gasteiger partial charge in [-0.2, -0.15) is 11.8 Å². The number of aryl methyl sites for hydroxylation is 1. The second-order valence-corrected chi connectivity index (χ2v) is 5.61. The highest BCUT2D eigenvalue weighted by atomic mass is 32.2. The minimum atomic E-state index is 0.833. The summed E-state index contributed by atoms with van der Waals surface area (Å²) in [6.45, 7) is 5.98. The van der Waals surface area contributed by atoms with Crippen molar-refractivity contribution in [1.82, 2.24) is 4.98 Å². The van der Waals surface area contributed by atoms with E-state index in [-0.39, 0.29) is 0 Å². The first-order valence-electron chi connectivity index (χ1n) is 5.39. The molecular weight excluding hydrogens is 226 g/mol. The fourth-order valence-electron chi connectivity index (χ4n) is 1.24. The molecule has 0 N–H and O–H groups in total. The minimum Gasteiger partial charge on any atom is -0.381 e. The minimum absolute atomic E-state index is 0.833. The molecule has 15 heavy (non-hydrogen) atoms. The summed E-state index contributed by atoms with van der Waals surface area (Å²) >= 11 is 3.70. The summed E-state index contributed by atoms with van der Waals surface area (Å²) < 4.78 is 5.57. The normalized spacial score (nSPS) is 10.8. The first-order chi connectivity index (χ1) is 7.34. The van der Waals surface area contributed by atoms with Crippen molar-refractivity contribution in [2.45, 2.75) is 26.7 Å². The lowest BCUT2D eigenvalue weighted by molar-refractivity contribution is 0.139. The Morgan fingerprint density at radius 3 is 3.00 bits per heavy atom. The van der Waals surface area contributed by atoms with E-state index >= 15 is 0 Å². The van der Waals surface area contributed by atoms with Gasteiger partial charge >= 0.3 is 0 Å². The topological polar surface area (TPSA) is 22.1 Å². The molecule has 0 atom stereocenters. The summed E-state index contributed by atoms with van der Waals surface area (Å²) in [5.41, 5.74) is 3.06. The molecule has 0 aliphatic heterocycles. The van der Waals surface area contributed by atoms with Gasteiger partial charge in [-0.3, -0.25) is 0 Å². The van der Waals surface area contributed by atoms with E-state index in [9.17, 15) is 0 Å². The van der Waals surface area contributed by atoms with Crippen LogP contribution >= 0.6 is 23.1 Å². The van der Waals surface area contributed by atoms with E-state index in [0.717, 1.165) is 25.3 Å². The first-order valence-corrected chi connectivity index (χ1v) is 7.42. The third-order valence-corrected chi connectivity index (χ3v) is 4.08. The second-order valence-electron chi connectivity index (χ2n) is 3.27. The van der Waals surface area contributed by atoms with Gasteiger partial charge in [0.1, 0.15) is 0 Å². The highest BCUT2D eigenvalue weighted by molar-refractivity contribution is 7.99. The number of hydrogen-bond acceptors (Lipinski definition) is 4. The lowest BCUT2D eigenvalue weighted by Crippen LogP contribution is -2.01. The first kappa shape index (κ1) is 13.0. The molecule has 0 unspecified atom stereocenters. The Bertz CT molecular complexity index is 263. The van der Waals surface area contributed by atoms with E-state index in [4.69, 9.17) is 4.74 Å². The average Bonchev–Trinajstić information content (AvgIpc) is 2.63. The van der Waals surface area contributed by atoms with Crippen molar-refractivity contribution in [2.24, 2.45) is 0 Å². The zero-order valence-electron chi connectivity index (χ0n) is 9.49. The second kappa shape index (κ2) is 8.13. The van der Waals surface area contributed by atoms with Crippen molar-refractivity contribution in [1.29, 1.82) is 0 Å². The van der Waals surface area contributed by atoms with Crippen molar-refractivity contribution in [3.63, 3.8) is 0 Å². The standard InChI is InChI=1S/C11H19NOS2/c1-3-14-8-4-6-13-7-5-11-10(2)12-9-15-11/h9H,3-8H2,1-2H3. The van der Waals surface area contributed by atoms with Crippen LogP contribution < -0.4 is 0 Å². The maximum atomic E-state index is 5.57. The van der Waals surface area contributed by atoms with Crippen LogP contribution in [0.15, 0.2) is 5.51 Å². The van der Waals surface area contributed by atoms with Gasteiger partial charge in [0.2, 0.25) is 0 Å². The highest BCUT2D eigenvalue weighted by Gasteiger charge is 2.00. The Balaban J connectivity index is 1.96. The van der Waals surface area contributed by atoms with Crippen LogP contribution in [0.4, 0.5) is 0 Å². The molecule has 4 heteroatoms. The molecule has 0 bridgehead atoms. The smallest absolute Gasteiger partial charge is 0.0797 e. The van der Waals surface area contributed by atoms with Gasteiger partial charge in [-0.05, 0) is 24.9 Å². The van der Waals surface area contributed by atoms with E-state index in [1.54, 1.807) is 11.3 Å². The molecule has 0 radical (unpaired) electrons. The monoisotopic (exact) mass is 245 g/mol. The van der Waals surface area contributed by atoms with E-state index in [1.165, 1.54) is 22.8 Å². The summed E-state index contributed by atoms with van der Waals surface area (Å²) in [5.74, 6) is 2.43. The molecule has 1 rings (SSSR count). The molecule has 1 heterocycles. The molecule has 2 nitrogen and oxygen atoms in total. The predicted molar refractivity (Wildman–Crippen MR) is 69.0 cm³/mol. The predicted octanol–water partition coefficient (Wildman–Crippen LogP) is 3.15. The number of hydrogen-bond donors (Lipinski definition) is 0. The Labute approximate surface area is 100 Å². The molecular formula is C11H19NOS2. The molecule has 0 aliphatic carbocycles. The highest BCUT2D eigenvalue weighted by Crippen LogP contribution is 2.12. The van der Waals surface area contributed by atoms with Crippen LogP contribution in [0.2, 0.25) is 0 Å². The molecule has 0 saturated heterocycles. The van der Waals surface area contributed by atoms with Crippen molar-refractivity contribution in [3.05, 3.63) is 16.1 Å². The lowest BCUT2D eigenvalue weighted by atomic mass is 10.3. The Morgan fingerprint density at radius 2 is 2.33 bits per heavy atom. The van der Waals surface area contributed by atoms with Gasteiger partial charge in [-0.25, -0.2) is 4.98 Å². The van der Waals surface area contributed by atoms with E-state index in [2.05, 4.69) is 18.8 Å². The molecule has 0 spiro atoms. The van der Waals surface area contributed by atoms with Crippen molar-refractivity contribution >= 4 is 23.1 Å². The van der Waals surface area contributed by atoms with E-state index in [0.29, 0.717) is 0 Å². The van der Waals surface area contributed by atoms with Crippen LogP contribution in [0.5, 0.6) is 0 Å². The third-order valence-electron chi connectivity index (χ3n) is 2.10. The number of nitrogens with zero attached hydrogens (tertiary/aromatic N) is 1. The summed E-state index contributed by atoms with van der Waals surface area (Å²) in [6.07, 6.45) is 2.18. The van der Waals surface area contributed by atoms with Gasteiger partial charge in [0, 0.05) is 17.9 Å². The van der Waals surface area contributed by atoms with Gasteiger partial charge in [0.05, 0.1) is 17.8 Å². The maximum Gasteiger partial charge on any atom is 0.0797 e. The Kier molecular flexibility index (Phi) is 7.05. The van der Waals surface area contributed by atoms with E-state index in [1.807, 2.05) is 17.3 Å². The average molecular weight is 245 g/mol. The van der Waals surface area contributed by atoms with Crippen LogP contribution in [0.1, 0.15) is 23.9 Å². The van der Waals surface area contributed by atoms with Crippen LogP contribution in [0, 0.1) is 6.92 Å². The van der Waals surface area contributed by atoms with E-state index < -0.39 is 0 Å². The number of thioether (sulfide) groups is 1. The van der Waals surface area contributed by atoms with Crippen molar-refractivity contribution < 1.29 is 4.74 Å². The maximum absolute atomic E-state index is 5.57. The fraction of sp³-hybridized carbons (Fsp3) is 0.727. The zero-order valence-corrected chi connectivity index (χ0v) is 11.1. The number of ether oxygens (including phenoxy) is 1. The quantitative estimate of drug-likeness (QED) is 0.657. The number of rotatable bonds is 8. The van der Waals surface area contributed by atoms with Crippen molar-refractivity contribution in [3.8, 4) is 0 Å². The van der Waals surface area contributed by atoms with Crippen LogP contribution in [0.3, 0.4) is 0 Å². The SMILES string of the molecule is CCSCCCOCCc1scnc1C. The van der Waals surface area contributed by atoms with Gasteiger partial charge in [0.25, 0.3) is 0 Å². The van der Waals surface area contributed by atoms with Crippen LogP contribution in [-0.4, -0.2) is 29.7 Å². The Morgan fingerprint density at radius 1 is 1.47 bits per heavy atom. The van der Waals surface area contributed by atoms with Gasteiger partial charge in [-0.15, -0.1) is 11.3 Å². The summed E-state index contributed by atoms with van der Waals surface area (Å²) in [6, 6.07) is 0. The lowest BCUT2D eigenvalue weighted by Gasteiger charge is -2.03. The zero-order chi connectivity index (χ0) is 10.9. The van der Waals surface area contributed by atoms with Crippen LogP contribution in [0.25, 0.3) is 0 Å². The third kappa shape index (κ3) is 5.54. The number of thiazole rings is 1. The summed E-state index contributed by atoms with van der Waals surface area (Å²) in [5, 5.41) is 0. The molecule has 0 amide bonds. The summed E-state index contributed by atoms with van der Waals surface area (Å²) in [4.78, 5) is 5.57. The molecule has 0 aliphatic rings. The van der Waals surface area contributed by atoms with Crippen LogP contribution in [-0.2, 0) is 11.2 Å². The molecule has 0 saturated carbocycles. The molecule has 86 valence electrons. The molecule has 0 aromatic carbocycles. The van der Waals surface area contributed by atoms with Gasteiger partial charge in [0.15, 0.2) is 0 Å².